The molecule has 0 radical (unpaired) electrons. The first kappa shape index (κ1) is 25.0. The van der Waals surface area contributed by atoms with Gasteiger partial charge < -0.3 is 15.5 Å². The Balaban J connectivity index is 0.00000274. The molecule has 3 heterocycles. The van der Waals surface area contributed by atoms with Crippen LogP contribution in [0.25, 0.3) is 0 Å². The lowest BCUT2D eigenvalue weighted by atomic mass is 9.83. The van der Waals surface area contributed by atoms with Gasteiger partial charge in [0, 0.05) is 31.0 Å². The first-order chi connectivity index (χ1) is 16.2. The van der Waals surface area contributed by atoms with Gasteiger partial charge in [0.25, 0.3) is 0 Å². The largest absolute Gasteiger partial charge is 0.368 e. The highest BCUT2D eigenvalue weighted by Crippen LogP contribution is 2.36. The van der Waals surface area contributed by atoms with E-state index < -0.39 is 5.54 Å². The summed E-state index contributed by atoms with van der Waals surface area (Å²) in [5, 5.41) is 0. The number of carbonyl (C=O) groups excluding carboxylic acids is 1. The molecule has 3 aliphatic rings. The lowest BCUT2D eigenvalue weighted by molar-refractivity contribution is -0.134. The number of halogens is 1. The molecule has 3 aliphatic heterocycles. The van der Waals surface area contributed by atoms with Crippen LogP contribution in [0.15, 0.2) is 48.5 Å². The number of rotatable bonds is 6. The summed E-state index contributed by atoms with van der Waals surface area (Å²) in [6, 6.07) is 17.8. The zero-order valence-corrected chi connectivity index (χ0v) is 21.1. The number of carbonyl (C=O) groups is 1. The number of primary amides is 1. The van der Waals surface area contributed by atoms with Crippen molar-refractivity contribution in [1.29, 1.82) is 0 Å². The van der Waals surface area contributed by atoms with Gasteiger partial charge in [0.2, 0.25) is 5.91 Å². The summed E-state index contributed by atoms with van der Waals surface area (Å²) in [5.41, 5.74) is 11.2. The number of anilines is 2. The van der Waals surface area contributed by atoms with Crippen LogP contribution in [0.3, 0.4) is 0 Å². The second kappa shape index (κ2) is 11.1. The van der Waals surface area contributed by atoms with Gasteiger partial charge >= 0.3 is 0 Å². The number of nitrogens with two attached hydrogens (primary N) is 1. The van der Waals surface area contributed by atoms with Crippen molar-refractivity contribution in [2.45, 2.75) is 56.9 Å². The lowest BCUT2D eigenvalue weighted by Crippen LogP contribution is -2.63. The topological polar surface area (TPSA) is 52.8 Å². The fourth-order valence-corrected chi connectivity index (χ4v) is 6.25. The molecule has 34 heavy (non-hydrogen) atoms. The maximum atomic E-state index is 12.5. The van der Waals surface area contributed by atoms with Crippen LogP contribution in [0.5, 0.6) is 0 Å². The first-order valence-electron chi connectivity index (χ1n) is 12.9. The number of nitrogens with zero attached hydrogens (tertiary/aromatic N) is 3. The predicted molar refractivity (Wildman–Crippen MR) is 142 cm³/mol. The van der Waals surface area contributed by atoms with Gasteiger partial charge in [0.15, 0.2) is 0 Å². The number of likely N-dealkylation sites (tertiary alicyclic amines) is 2. The van der Waals surface area contributed by atoms with Crippen molar-refractivity contribution in [1.82, 2.24) is 9.80 Å². The third-order valence-corrected chi connectivity index (χ3v) is 8.19. The van der Waals surface area contributed by atoms with E-state index in [1.165, 1.54) is 41.8 Å². The van der Waals surface area contributed by atoms with Crippen LogP contribution >= 0.6 is 12.4 Å². The van der Waals surface area contributed by atoms with E-state index in [9.17, 15) is 4.79 Å². The van der Waals surface area contributed by atoms with E-state index >= 15 is 0 Å². The number of piperidine rings is 2. The quantitative estimate of drug-likeness (QED) is 0.656. The fourth-order valence-electron chi connectivity index (χ4n) is 6.25. The van der Waals surface area contributed by atoms with E-state index in [0.717, 1.165) is 71.4 Å². The number of fused-ring (bicyclic) bond motifs is 2. The van der Waals surface area contributed by atoms with Gasteiger partial charge in [0.1, 0.15) is 5.54 Å². The molecule has 2 N–H and O–H groups in total. The summed E-state index contributed by atoms with van der Waals surface area (Å²) in [6.45, 7) is 6.06. The van der Waals surface area contributed by atoms with Crippen molar-refractivity contribution in [2.75, 3.05) is 44.2 Å². The Morgan fingerprint density at radius 3 is 1.91 bits per heavy atom. The number of hydrogen-bond acceptors (Lipinski definition) is 4. The lowest BCUT2D eigenvalue weighted by Gasteiger charge is -2.48. The monoisotopic (exact) mass is 482 g/mol. The van der Waals surface area contributed by atoms with E-state index in [2.05, 4.69) is 63.2 Å². The second-order valence-corrected chi connectivity index (χ2v) is 10.0. The third-order valence-electron chi connectivity index (χ3n) is 8.19. The van der Waals surface area contributed by atoms with Crippen molar-refractivity contribution in [3.05, 3.63) is 59.7 Å². The Kier molecular flexibility index (Phi) is 8.18. The van der Waals surface area contributed by atoms with Crippen LogP contribution in [0.4, 0.5) is 11.4 Å². The van der Waals surface area contributed by atoms with E-state index in [-0.39, 0.29) is 18.3 Å². The van der Waals surface area contributed by atoms with Gasteiger partial charge in [-0.15, -0.1) is 12.4 Å². The third kappa shape index (κ3) is 4.98. The highest BCUT2D eigenvalue weighted by Gasteiger charge is 2.44. The molecule has 0 bridgehead atoms. The van der Waals surface area contributed by atoms with Crippen molar-refractivity contribution in [2.24, 2.45) is 5.73 Å². The van der Waals surface area contributed by atoms with Gasteiger partial charge in [-0.2, -0.15) is 0 Å². The highest BCUT2D eigenvalue weighted by atomic mass is 35.5. The molecule has 2 aromatic rings. The molecule has 0 spiro atoms. The Bertz CT molecular complexity index is 919. The Hall–Kier alpha value is -2.08. The maximum absolute atomic E-state index is 12.5. The first-order valence-corrected chi connectivity index (χ1v) is 12.9. The van der Waals surface area contributed by atoms with Gasteiger partial charge in [-0.1, -0.05) is 42.8 Å². The minimum Gasteiger partial charge on any atom is -0.368 e. The van der Waals surface area contributed by atoms with Crippen LogP contribution in [-0.2, 0) is 17.6 Å². The van der Waals surface area contributed by atoms with Gasteiger partial charge in [-0.3, -0.25) is 9.69 Å². The predicted octanol–water partition coefficient (Wildman–Crippen LogP) is 4.54. The van der Waals surface area contributed by atoms with Crippen LogP contribution in [0.1, 0.15) is 49.7 Å². The standard InChI is InChI=1S/C28H38N4O.ClH/c29-27(33)28(31-18-6-1-7-19-31)15-21-30(22-16-28)17-8-20-32-25-11-4-2-9-23(25)13-14-24-10-3-5-12-26(24)32;/h2-5,9-12H,1,6-8,13-22H2,(H2,29,33);1H. The minimum atomic E-state index is -0.417. The molecule has 1 amide bonds. The summed E-state index contributed by atoms with van der Waals surface area (Å²) in [7, 11) is 0. The summed E-state index contributed by atoms with van der Waals surface area (Å²) < 4.78 is 0. The second-order valence-electron chi connectivity index (χ2n) is 10.0. The summed E-state index contributed by atoms with van der Waals surface area (Å²) in [6.07, 6.45) is 8.71. The van der Waals surface area contributed by atoms with Crippen molar-refractivity contribution >= 4 is 29.7 Å². The zero-order valence-electron chi connectivity index (χ0n) is 20.3. The Labute approximate surface area is 210 Å². The van der Waals surface area contributed by atoms with E-state index in [0.29, 0.717) is 0 Å². The molecule has 0 aromatic heterocycles. The highest BCUT2D eigenvalue weighted by molar-refractivity contribution is 5.85. The molecule has 0 aliphatic carbocycles. The van der Waals surface area contributed by atoms with Crippen molar-refractivity contribution in [3.8, 4) is 0 Å². The van der Waals surface area contributed by atoms with Gasteiger partial charge in [-0.25, -0.2) is 0 Å². The molecular formula is C28H39ClN4O. The molecule has 2 fully saturated rings. The molecular weight excluding hydrogens is 444 g/mol. The molecule has 5 nitrogen and oxygen atoms in total. The molecule has 2 aromatic carbocycles. The van der Waals surface area contributed by atoms with Crippen LogP contribution in [0.2, 0.25) is 0 Å². The van der Waals surface area contributed by atoms with E-state index in [1.54, 1.807) is 0 Å². The number of hydrogen-bond donors (Lipinski definition) is 1. The molecule has 0 unspecified atom stereocenters. The Morgan fingerprint density at radius 1 is 0.794 bits per heavy atom. The average Bonchev–Trinajstić information content (AvgIpc) is 3.02. The fraction of sp³-hybridized carbons (Fsp3) is 0.536. The number of benzene rings is 2. The van der Waals surface area contributed by atoms with E-state index in [1.807, 2.05) is 0 Å². The molecule has 0 saturated carbocycles. The van der Waals surface area contributed by atoms with E-state index in [4.69, 9.17) is 5.73 Å². The number of amides is 1. The molecule has 0 atom stereocenters. The smallest absolute Gasteiger partial charge is 0.238 e. The van der Waals surface area contributed by atoms with Crippen LogP contribution in [0, 0.1) is 0 Å². The van der Waals surface area contributed by atoms with Gasteiger partial charge in [-0.05, 0) is 87.8 Å². The van der Waals surface area contributed by atoms with Crippen LogP contribution in [-0.4, -0.2) is 60.5 Å². The average molecular weight is 483 g/mol. The minimum absolute atomic E-state index is 0. The van der Waals surface area contributed by atoms with Crippen molar-refractivity contribution < 1.29 is 4.79 Å². The molecule has 184 valence electrons. The SMILES string of the molecule is Cl.NC(=O)C1(N2CCCCC2)CCN(CCCN2c3ccccc3CCc3ccccc32)CC1. The van der Waals surface area contributed by atoms with Crippen LogP contribution < -0.4 is 10.6 Å². The summed E-state index contributed by atoms with van der Waals surface area (Å²) in [5.74, 6) is -0.109. The normalized spacial score (nSPS) is 20.5. The summed E-state index contributed by atoms with van der Waals surface area (Å²) >= 11 is 0. The molecule has 2 saturated heterocycles. The summed E-state index contributed by atoms with van der Waals surface area (Å²) in [4.78, 5) is 20.0. The Morgan fingerprint density at radius 2 is 1.35 bits per heavy atom. The zero-order chi connectivity index (χ0) is 22.7. The molecule has 6 heteroatoms. The maximum Gasteiger partial charge on any atom is 0.238 e. The van der Waals surface area contributed by atoms with Gasteiger partial charge in [0.05, 0.1) is 0 Å². The number of aryl methyl sites for hydroxylation is 2. The van der Waals surface area contributed by atoms with Crippen molar-refractivity contribution in [3.63, 3.8) is 0 Å². The molecule has 5 rings (SSSR count). The number of para-hydroxylation sites is 2.